The molecule has 0 aliphatic carbocycles. The Kier molecular flexibility index (Phi) is 3.24. The molecule has 0 amide bonds. The maximum atomic E-state index is 11.0. The number of carbonyl (C=O) groups is 2. The molecule has 1 aromatic heterocycles. The number of hydrogen-bond acceptors (Lipinski definition) is 5. The van der Waals surface area contributed by atoms with E-state index in [1.807, 2.05) is 0 Å². The van der Waals surface area contributed by atoms with Crippen LogP contribution in [0.15, 0.2) is 16.5 Å². The first-order chi connectivity index (χ1) is 6.65. The number of aliphatic hydroxyl groups excluding tert-OH is 1. The van der Waals surface area contributed by atoms with Gasteiger partial charge in [-0.2, -0.15) is 0 Å². The third-order valence-electron chi connectivity index (χ3n) is 1.34. The molecule has 0 saturated heterocycles. The highest BCUT2D eigenvalue weighted by Crippen LogP contribution is 2.08. The molecule has 0 aromatic carbocycles. The summed E-state index contributed by atoms with van der Waals surface area (Å²) in [5, 5.41) is 16.8. The van der Waals surface area contributed by atoms with E-state index in [1.165, 1.54) is 6.07 Å². The molecule has 6 heteroatoms. The molecule has 0 aliphatic rings. The van der Waals surface area contributed by atoms with Crippen LogP contribution in [0.4, 0.5) is 0 Å². The van der Waals surface area contributed by atoms with Crippen LogP contribution in [0.5, 0.6) is 0 Å². The van der Waals surface area contributed by atoms with Gasteiger partial charge in [0.05, 0.1) is 6.61 Å². The first kappa shape index (κ1) is 10.3. The van der Waals surface area contributed by atoms with Gasteiger partial charge in [-0.15, -0.1) is 0 Å². The molecule has 0 bridgehead atoms. The molecule has 1 aromatic rings. The van der Waals surface area contributed by atoms with Crippen LogP contribution < -0.4 is 0 Å². The molecule has 0 aliphatic heterocycles. The fourth-order valence-corrected chi connectivity index (χ4v) is 0.772. The standard InChI is InChI=1S/C8H8O6/c9-3-4-13-8(12)6-2-1-5(14-6)7(10)11/h1-2,9H,3-4H2,(H,10,11). The summed E-state index contributed by atoms with van der Waals surface area (Å²) >= 11 is 0. The molecule has 0 fully saturated rings. The largest absolute Gasteiger partial charge is 0.475 e. The number of esters is 1. The maximum absolute atomic E-state index is 11.0. The second-order valence-corrected chi connectivity index (χ2v) is 2.33. The lowest BCUT2D eigenvalue weighted by Gasteiger charge is -1.98. The average molecular weight is 200 g/mol. The third-order valence-corrected chi connectivity index (χ3v) is 1.34. The van der Waals surface area contributed by atoms with Crippen LogP contribution in [-0.2, 0) is 4.74 Å². The number of carbonyl (C=O) groups excluding carboxylic acids is 1. The monoisotopic (exact) mass is 200 g/mol. The minimum atomic E-state index is -1.26. The Hall–Kier alpha value is -1.82. The lowest BCUT2D eigenvalue weighted by molar-refractivity contribution is 0.0394. The van der Waals surface area contributed by atoms with Crippen LogP contribution in [0.3, 0.4) is 0 Å². The lowest BCUT2D eigenvalue weighted by Crippen LogP contribution is -2.07. The molecule has 1 heterocycles. The van der Waals surface area contributed by atoms with E-state index in [2.05, 4.69) is 9.15 Å². The quantitative estimate of drug-likeness (QED) is 0.670. The summed E-state index contributed by atoms with van der Waals surface area (Å²) in [6.45, 7) is -0.444. The van der Waals surface area contributed by atoms with Gasteiger partial charge in [0.15, 0.2) is 0 Å². The SMILES string of the molecule is O=C(O)c1ccc(C(=O)OCCO)o1. The van der Waals surface area contributed by atoms with Gasteiger partial charge in [0.25, 0.3) is 0 Å². The van der Waals surface area contributed by atoms with Crippen molar-refractivity contribution in [2.75, 3.05) is 13.2 Å². The van der Waals surface area contributed by atoms with Crippen molar-refractivity contribution in [3.8, 4) is 0 Å². The van der Waals surface area contributed by atoms with Crippen LogP contribution in [0, 0.1) is 0 Å². The summed E-state index contributed by atoms with van der Waals surface area (Å²) in [7, 11) is 0. The summed E-state index contributed by atoms with van der Waals surface area (Å²) in [6, 6.07) is 2.35. The van der Waals surface area contributed by atoms with Crippen LogP contribution in [0.25, 0.3) is 0 Å². The number of aromatic carboxylic acids is 1. The van der Waals surface area contributed by atoms with E-state index in [9.17, 15) is 9.59 Å². The molecule has 2 N–H and O–H groups in total. The topological polar surface area (TPSA) is 97.0 Å². The van der Waals surface area contributed by atoms with E-state index in [4.69, 9.17) is 10.2 Å². The normalized spacial score (nSPS) is 9.79. The summed E-state index contributed by atoms with van der Waals surface area (Å²) in [5.74, 6) is -2.59. The van der Waals surface area contributed by atoms with E-state index >= 15 is 0 Å². The molecule has 6 nitrogen and oxygen atoms in total. The lowest BCUT2D eigenvalue weighted by atomic mass is 10.4. The molecule has 0 saturated carbocycles. The van der Waals surface area contributed by atoms with Crippen molar-refractivity contribution in [2.45, 2.75) is 0 Å². The molecular formula is C8H8O6. The predicted molar refractivity (Wildman–Crippen MR) is 43.0 cm³/mol. The first-order valence-electron chi connectivity index (χ1n) is 3.76. The number of hydrogen-bond donors (Lipinski definition) is 2. The van der Waals surface area contributed by atoms with Crippen LogP contribution in [-0.4, -0.2) is 35.4 Å². The Morgan fingerprint density at radius 1 is 1.36 bits per heavy atom. The molecule has 0 radical (unpaired) electrons. The van der Waals surface area contributed by atoms with E-state index < -0.39 is 11.9 Å². The zero-order valence-corrected chi connectivity index (χ0v) is 7.10. The molecule has 76 valence electrons. The van der Waals surface area contributed by atoms with Crippen LogP contribution >= 0.6 is 0 Å². The average Bonchev–Trinajstić information content (AvgIpc) is 2.62. The van der Waals surface area contributed by atoms with Gasteiger partial charge in [0.2, 0.25) is 11.5 Å². The van der Waals surface area contributed by atoms with E-state index in [0.717, 1.165) is 6.07 Å². The minimum absolute atomic E-state index is 0.151. The van der Waals surface area contributed by atoms with Crippen molar-refractivity contribution in [2.24, 2.45) is 0 Å². The van der Waals surface area contributed by atoms with Crippen molar-refractivity contribution in [3.63, 3.8) is 0 Å². The van der Waals surface area contributed by atoms with Crippen molar-refractivity contribution >= 4 is 11.9 Å². The second kappa shape index (κ2) is 4.43. The summed E-state index contributed by atoms with van der Waals surface area (Å²) in [6.07, 6.45) is 0. The molecular weight excluding hydrogens is 192 g/mol. The van der Waals surface area contributed by atoms with Crippen molar-refractivity contribution in [1.82, 2.24) is 0 Å². The minimum Gasteiger partial charge on any atom is -0.475 e. The van der Waals surface area contributed by atoms with Gasteiger partial charge in [-0.05, 0) is 12.1 Å². The van der Waals surface area contributed by atoms with E-state index in [0.29, 0.717) is 0 Å². The Balaban J connectivity index is 2.66. The maximum Gasteiger partial charge on any atom is 0.374 e. The van der Waals surface area contributed by atoms with Crippen molar-refractivity contribution in [1.29, 1.82) is 0 Å². The van der Waals surface area contributed by atoms with Gasteiger partial charge in [-0.3, -0.25) is 0 Å². The highest BCUT2D eigenvalue weighted by atomic mass is 16.6. The van der Waals surface area contributed by atoms with Gasteiger partial charge in [-0.1, -0.05) is 0 Å². The van der Waals surface area contributed by atoms with E-state index in [1.54, 1.807) is 0 Å². The Morgan fingerprint density at radius 2 is 2.00 bits per heavy atom. The Labute approximate surface area is 78.7 Å². The van der Waals surface area contributed by atoms with Gasteiger partial charge in [-0.25, -0.2) is 9.59 Å². The number of carboxylic acids is 1. The van der Waals surface area contributed by atoms with Gasteiger partial charge in [0.1, 0.15) is 6.61 Å². The number of carboxylic acid groups (broad SMARTS) is 1. The smallest absolute Gasteiger partial charge is 0.374 e. The highest BCUT2D eigenvalue weighted by Gasteiger charge is 2.15. The fourth-order valence-electron chi connectivity index (χ4n) is 0.772. The summed E-state index contributed by atoms with van der Waals surface area (Å²) in [5.41, 5.74) is 0. The molecule has 0 unspecified atom stereocenters. The molecule has 14 heavy (non-hydrogen) atoms. The van der Waals surface area contributed by atoms with Crippen LogP contribution in [0.2, 0.25) is 0 Å². The Bertz CT molecular complexity index is 339. The highest BCUT2D eigenvalue weighted by molar-refractivity contribution is 5.89. The number of ether oxygens (including phenoxy) is 1. The summed E-state index contributed by atoms with van der Waals surface area (Å²) in [4.78, 5) is 21.4. The van der Waals surface area contributed by atoms with Gasteiger partial charge < -0.3 is 19.4 Å². The molecule has 1 rings (SSSR count). The zero-order valence-electron chi connectivity index (χ0n) is 7.10. The van der Waals surface area contributed by atoms with Gasteiger partial charge >= 0.3 is 11.9 Å². The molecule has 0 spiro atoms. The predicted octanol–water partition coefficient (Wildman–Crippen LogP) is 0.127. The van der Waals surface area contributed by atoms with Crippen molar-refractivity contribution < 1.29 is 29.0 Å². The first-order valence-corrected chi connectivity index (χ1v) is 3.76. The zero-order chi connectivity index (χ0) is 10.6. The summed E-state index contributed by atoms with van der Waals surface area (Å²) < 4.78 is 9.14. The molecule has 0 atom stereocenters. The van der Waals surface area contributed by atoms with Crippen LogP contribution in [0.1, 0.15) is 21.1 Å². The number of furan rings is 1. The Morgan fingerprint density at radius 3 is 2.50 bits per heavy atom. The number of aliphatic hydroxyl groups is 1. The second-order valence-electron chi connectivity index (χ2n) is 2.33. The number of rotatable bonds is 4. The van der Waals surface area contributed by atoms with Gasteiger partial charge in [0, 0.05) is 0 Å². The third kappa shape index (κ3) is 2.33. The van der Waals surface area contributed by atoms with E-state index in [-0.39, 0.29) is 24.7 Å². The van der Waals surface area contributed by atoms with Crippen molar-refractivity contribution in [3.05, 3.63) is 23.7 Å². The fraction of sp³-hybridized carbons (Fsp3) is 0.250.